The zero-order valence-electron chi connectivity index (χ0n) is 9.30. The average Bonchev–Trinajstić information content (AvgIpc) is 2.03. The van der Waals surface area contributed by atoms with Crippen molar-refractivity contribution in [1.29, 1.82) is 0 Å². The normalized spacial score (nSPS) is 32.9. The predicted molar refractivity (Wildman–Crippen MR) is 59.3 cm³/mol. The monoisotopic (exact) mass is 202 g/mol. The van der Waals surface area contributed by atoms with Crippen molar-refractivity contribution >= 4 is 10.8 Å². The minimum absolute atomic E-state index is 0.445. The fourth-order valence-electron chi connectivity index (χ4n) is 2.26. The second-order valence-corrected chi connectivity index (χ2v) is 7.00. The molecule has 0 amide bonds. The van der Waals surface area contributed by atoms with Crippen LogP contribution in [0.4, 0.5) is 0 Å². The molecule has 1 saturated carbocycles. The predicted octanol–water partition coefficient (Wildman–Crippen LogP) is 2.97. The van der Waals surface area contributed by atoms with Gasteiger partial charge in [0.15, 0.2) is 0 Å². The number of hydrogen-bond donors (Lipinski definition) is 0. The van der Waals surface area contributed by atoms with Crippen LogP contribution < -0.4 is 0 Å². The summed E-state index contributed by atoms with van der Waals surface area (Å²) in [5.74, 6) is 0.840. The Labute approximate surface area is 84.8 Å². The van der Waals surface area contributed by atoms with Gasteiger partial charge in [0.1, 0.15) is 0 Å². The number of hydrogen-bond acceptors (Lipinski definition) is 1. The standard InChI is InChI=1S/C11H22OS/c1-11(2,3)9-5-7-10(8-6-9)13(4)12/h9-10H,5-8H2,1-4H3. The molecule has 0 heterocycles. The SMILES string of the molecule is CS(=O)C1CCC(C(C)(C)C)CC1. The van der Waals surface area contributed by atoms with Gasteiger partial charge in [-0.25, -0.2) is 0 Å². The van der Waals surface area contributed by atoms with Gasteiger partial charge in [0.2, 0.25) is 0 Å². The topological polar surface area (TPSA) is 17.1 Å². The Kier molecular flexibility index (Phi) is 3.56. The summed E-state index contributed by atoms with van der Waals surface area (Å²) in [5, 5.41) is 0.485. The molecule has 1 rings (SSSR count). The van der Waals surface area contributed by atoms with Gasteiger partial charge in [-0.2, -0.15) is 0 Å². The maximum absolute atomic E-state index is 11.3. The van der Waals surface area contributed by atoms with Crippen LogP contribution in [-0.4, -0.2) is 15.7 Å². The lowest BCUT2D eigenvalue weighted by atomic mass is 9.72. The zero-order chi connectivity index (χ0) is 10.1. The average molecular weight is 202 g/mol. The second-order valence-electron chi connectivity index (χ2n) is 5.34. The van der Waals surface area contributed by atoms with Gasteiger partial charge in [-0.15, -0.1) is 0 Å². The highest BCUT2D eigenvalue weighted by atomic mass is 32.2. The molecule has 0 N–H and O–H groups in total. The Morgan fingerprint density at radius 2 is 1.54 bits per heavy atom. The van der Waals surface area contributed by atoms with Crippen LogP contribution in [0.1, 0.15) is 46.5 Å². The van der Waals surface area contributed by atoms with Crippen molar-refractivity contribution in [1.82, 2.24) is 0 Å². The molecule has 1 fully saturated rings. The van der Waals surface area contributed by atoms with Crippen molar-refractivity contribution in [2.24, 2.45) is 11.3 Å². The van der Waals surface area contributed by atoms with Crippen LogP contribution in [0, 0.1) is 11.3 Å². The third-order valence-electron chi connectivity index (χ3n) is 3.37. The Bertz CT molecular complexity index is 185. The van der Waals surface area contributed by atoms with E-state index in [-0.39, 0.29) is 0 Å². The van der Waals surface area contributed by atoms with Gasteiger partial charge in [0.05, 0.1) is 0 Å². The van der Waals surface area contributed by atoms with Crippen molar-refractivity contribution < 1.29 is 4.21 Å². The van der Waals surface area contributed by atoms with Gasteiger partial charge in [-0.05, 0) is 37.0 Å². The van der Waals surface area contributed by atoms with Gasteiger partial charge in [-0.1, -0.05) is 20.8 Å². The van der Waals surface area contributed by atoms with E-state index in [1.54, 1.807) is 0 Å². The molecule has 13 heavy (non-hydrogen) atoms. The van der Waals surface area contributed by atoms with Gasteiger partial charge in [-0.3, -0.25) is 4.21 Å². The number of rotatable bonds is 1. The summed E-state index contributed by atoms with van der Waals surface area (Å²) in [6.45, 7) is 6.96. The summed E-state index contributed by atoms with van der Waals surface area (Å²) in [6.07, 6.45) is 6.74. The molecule has 0 aromatic rings. The van der Waals surface area contributed by atoms with Crippen molar-refractivity contribution in [3.05, 3.63) is 0 Å². The van der Waals surface area contributed by atoms with Crippen LogP contribution in [0.3, 0.4) is 0 Å². The van der Waals surface area contributed by atoms with Crippen LogP contribution in [0.25, 0.3) is 0 Å². The van der Waals surface area contributed by atoms with Crippen molar-refractivity contribution in [2.75, 3.05) is 6.26 Å². The van der Waals surface area contributed by atoms with E-state index < -0.39 is 10.8 Å². The first-order chi connectivity index (χ1) is 5.91. The van der Waals surface area contributed by atoms with E-state index in [0.29, 0.717) is 10.7 Å². The van der Waals surface area contributed by atoms with Crippen molar-refractivity contribution in [2.45, 2.75) is 51.7 Å². The van der Waals surface area contributed by atoms with E-state index in [4.69, 9.17) is 0 Å². The molecule has 0 aromatic carbocycles. The molecular weight excluding hydrogens is 180 g/mol. The van der Waals surface area contributed by atoms with Crippen LogP contribution in [0.2, 0.25) is 0 Å². The molecule has 1 nitrogen and oxygen atoms in total. The van der Waals surface area contributed by atoms with Crippen LogP contribution in [-0.2, 0) is 10.8 Å². The first-order valence-electron chi connectivity index (χ1n) is 5.23. The molecule has 1 aliphatic rings. The first-order valence-corrected chi connectivity index (χ1v) is 6.85. The summed E-state index contributed by atoms with van der Waals surface area (Å²) in [7, 11) is -0.594. The Balaban J connectivity index is 2.44. The molecule has 0 saturated heterocycles. The van der Waals surface area contributed by atoms with Crippen LogP contribution in [0.5, 0.6) is 0 Å². The highest BCUT2D eigenvalue weighted by Crippen LogP contribution is 2.38. The van der Waals surface area contributed by atoms with Gasteiger partial charge in [0, 0.05) is 22.3 Å². The first kappa shape index (κ1) is 11.2. The molecule has 1 unspecified atom stereocenters. The minimum atomic E-state index is -0.594. The van der Waals surface area contributed by atoms with Crippen LogP contribution >= 0.6 is 0 Å². The third kappa shape index (κ3) is 3.08. The molecule has 1 aliphatic carbocycles. The van der Waals surface area contributed by atoms with E-state index in [9.17, 15) is 4.21 Å². The molecule has 0 aromatic heterocycles. The molecule has 0 bridgehead atoms. The molecule has 0 aliphatic heterocycles. The third-order valence-corrected chi connectivity index (χ3v) is 4.78. The maximum Gasteiger partial charge on any atom is 0.0345 e. The molecule has 0 radical (unpaired) electrons. The summed E-state index contributed by atoms with van der Waals surface area (Å²) in [5.41, 5.74) is 0.445. The smallest absolute Gasteiger partial charge is 0.0345 e. The van der Waals surface area contributed by atoms with Crippen LogP contribution in [0.15, 0.2) is 0 Å². The minimum Gasteiger partial charge on any atom is -0.260 e. The van der Waals surface area contributed by atoms with Gasteiger partial charge in [0.25, 0.3) is 0 Å². The summed E-state index contributed by atoms with van der Waals surface area (Å²) >= 11 is 0. The van der Waals surface area contributed by atoms with Gasteiger partial charge >= 0.3 is 0 Å². The summed E-state index contributed by atoms with van der Waals surface area (Å²) in [6, 6.07) is 0. The van der Waals surface area contributed by atoms with E-state index in [0.717, 1.165) is 5.92 Å². The van der Waals surface area contributed by atoms with Crippen molar-refractivity contribution in [3.8, 4) is 0 Å². The Morgan fingerprint density at radius 3 is 1.85 bits per heavy atom. The lowest BCUT2D eigenvalue weighted by Crippen LogP contribution is -2.29. The molecule has 0 spiro atoms. The Hall–Kier alpha value is 0.150. The van der Waals surface area contributed by atoms with E-state index in [1.165, 1.54) is 25.7 Å². The van der Waals surface area contributed by atoms with Crippen molar-refractivity contribution in [3.63, 3.8) is 0 Å². The molecule has 2 heteroatoms. The molecule has 1 atom stereocenters. The lowest BCUT2D eigenvalue weighted by molar-refractivity contribution is 0.181. The quantitative estimate of drug-likeness (QED) is 0.639. The van der Waals surface area contributed by atoms with E-state index in [1.807, 2.05) is 6.26 Å². The van der Waals surface area contributed by atoms with E-state index >= 15 is 0 Å². The lowest BCUT2D eigenvalue weighted by Gasteiger charge is -2.36. The zero-order valence-corrected chi connectivity index (χ0v) is 10.1. The Morgan fingerprint density at radius 1 is 1.08 bits per heavy atom. The largest absolute Gasteiger partial charge is 0.260 e. The highest BCUT2D eigenvalue weighted by molar-refractivity contribution is 7.84. The van der Waals surface area contributed by atoms with Gasteiger partial charge < -0.3 is 0 Å². The maximum atomic E-state index is 11.3. The second kappa shape index (κ2) is 4.12. The van der Waals surface area contributed by atoms with E-state index in [2.05, 4.69) is 20.8 Å². The fourth-order valence-corrected chi connectivity index (χ4v) is 3.20. The summed E-state index contributed by atoms with van der Waals surface area (Å²) < 4.78 is 11.3. The highest BCUT2D eigenvalue weighted by Gasteiger charge is 2.30. The molecule has 78 valence electrons. The molecular formula is C11H22OS. The summed E-state index contributed by atoms with van der Waals surface area (Å²) in [4.78, 5) is 0. The fraction of sp³-hybridized carbons (Fsp3) is 1.00.